The molecule has 8 heteroatoms. The van der Waals surface area contributed by atoms with E-state index < -0.39 is 5.41 Å². The Morgan fingerprint density at radius 1 is 1.33 bits per heavy atom. The molecule has 1 N–H and O–H groups in total. The molecule has 0 saturated carbocycles. The van der Waals surface area contributed by atoms with E-state index in [1.807, 2.05) is 0 Å². The minimum Gasteiger partial charge on any atom is -0.381 e. The van der Waals surface area contributed by atoms with E-state index in [0.29, 0.717) is 44.1 Å². The van der Waals surface area contributed by atoms with Crippen LogP contribution in [0.3, 0.4) is 0 Å². The van der Waals surface area contributed by atoms with Crippen LogP contribution in [0.25, 0.3) is 5.65 Å². The van der Waals surface area contributed by atoms with Crippen molar-refractivity contribution < 1.29 is 14.3 Å². The van der Waals surface area contributed by atoms with Gasteiger partial charge in [0.2, 0.25) is 5.91 Å². The van der Waals surface area contributed by atoms with Crippen LogP contribution in [0, 0.1) is 11.3 Å². The summed E-state index contributed by atoms with van der Waals surface area (Å²) in [5.41, 5.74) is 0.278. The number of rotatable bonds is 2. The smallest absolute Gasteiger partial charge is 0.276 e. The highest BCUT2D eigenvalue weighted by Crippen LogP contribution is 2.42. The van der Waals surface area contributed by atoms with Gasteiger partial charge in [0.05, 0.1) is 12.0 Å². The maximum Gasteiger partial charge on any atom is 0.276 e. The summed E-state index contributed by atoms with van der Waals surface area (Å²) in [5, 5.41) is 2.76. The summed E-state index contributed by atoms with van der Waals surface area (Å²) in [5.74, 6) is -0.197. The van der Waals surface area contributed by atoms with Crippen molar-refractivity contribution in [2.24, 2.45) is 11.3 Å². The molecule has 0 aliphatic carbocycles. The number of carbonyl (C=O) groups is 2. The minimum atomic E-state index is -0.566. The molecule has 2 aliphatic rings. The first-order chi connectivity index (χ1) is 11.7. The molecule has 0 radical (unpaired) electrons. The SMILES string of the molecule is CNC(=O)[C@]12CCOC[C@H]1CN(C(=O)c1nccn3ccnc13)C2. The molecule has 2 amide bonds. The van der Waals surface area contributed by atoms with Crippen molar-refractivity contribution in [2.45, 2.75) is 6.42 Å². The standard InChI is InChI=1S/C16H19N5O3/c1-17-15(23)16-2-7-24-9-11(16)8-21(10-16)14(22)12-13-19-4-6-20(13)5-3-18-12/h3-6,11H,2,7-10H2,1H3,(H,17,23)/t11-,16+/m1/s1. The van der Waals surface area contributed by atoms with Gasteiger partial charge < -0.3 is 19.4 Å². The third-order valence-corrected chi connectivity index (χ3v) is 5.19. The van der Waals surface area contributed by atoms with Gasteiger partial charge in [0.25, 0.3) is 5.91 Å². The Morgan fingerprint density at radius 2 is 2.12 bits per heavy atom. The summed E-state index contributed by atoms with van der Waals surface area (Å²) in [7, 11) is 1.64. The topological polar surface area (TPSA) is 88.8 Å². The number of hydrogen-bond acceptors (Lipinski definition) is 5. The van der Waals surface area contributed by atoms with Crippen molar-refractivity contribution in [3.05, 3.63) is 30.5 Å². The highest BCUT2D eigenvalue weighted by atomic mass is 16.5. The maximum atomic E-state index is 13.0. The fourth-order valence-electron chi connectivity index (χ4n) is 3.88. The maximum absolute atomic E-state index is 13.0. The number of nitrogens with zero attached hydrogens (tertiary/aromatic N) is 4. The van der Waals surface area contributed by atoms with Crippen LogP contribution in [-0.2, 0) is 9.53 Å². The van der Waals surface area contributed by atoms with Gasteiger partial charge in [0.15, 0.2) is 11.3 Å². The zero-order valence-corrected chi connectivity index (χ0v) is 13.4. The summed E-state index contributed by atoms with van der Waals surface area (Å²) in [6.07, 6.45) is 7.38. The predicted octanol–water partition coefficient (Wildman–Crippen LogP) is -0.0460. The molecule has 2 aromatic rings. The Hall–Kier alpha value is -2.48. The van der Waals surface area contributed by atoms with E-state index in [9.17, 15) is 9.59 Å². The number of imidazole rings is 1. The first-order valence-corrected chi connectivity index (χ1v) is 8.02. The van der Waals surface area contributed by atoms with E-state index in [-0.39, 0.29) is 17.7 Å². The van der Waals surface area contributed by atoms with Gasteiger partial charge in [0, 0.05) is 57.4 Å². The molecule has 4 heterocycles. The summed E-state index contributed by atoms with van der Waals surface area (Å²) in [6, 6.07) is 0. The molecule has 2 fully saturated rings. The van der Waals surface area contributed by atoms with E-state index >= 15 is 0 Å². The van der Waals surface area contributed by atoms with E-state index in [4.69, 9.17) is 4.74 Å². The summed E-state index contributed by atoms with van der Waals surface area (Å²) >= 11 is 0. The molecular weight excluding hydrogens is 310 g/mol. The van der Waals surface area contributed by atoms with Crippen molar-refractivity contribution in [3.8, 4) is 0 Å². The molecule has 2 aromatic heterocycles. The molecule has 126 valence electrons. The third kappa shape index (κ3) is 2.10. The second kappa shape index (κ2) is 5.55. The zero-order chi connectivity index (χ0) is 16.7. The van der Waals surface area contributed by atoms with Crippen LogP contribution in [-0.4, -0.2) is 64.4 Å². The van der Waals surface area contributed by atoms with Gasteiger partial charge >= 0.3 is 0 Å². The van der Waals surface area contributed by atoms with Crippen LogP contribution in [0.2, 0.25) is 0 Å². The van der Waals surface area contributed by atoms with Crippen molar-refractivity contribution in [1.29, 1.82) is 0 Å². The second-order valence-electron chi connectivity index (χ2n) is 6.38. The molecular formula is C16H19N5O3. The van der Waals surface area contributed by atoms with Gasteiger partial charge in [-0.15, -0.1) is 0 Å². The Labute approximate surface area is 138 Å². The van der Waals surface area contributed by atoms with Gasteiger partial charge in [-0.1, -0.05) is 0 Å². The highest BCUT2D eigenvalue weighted by molar-refractivity contribution is 5.98. The monoisotopic (exact) mass is 329 g/mol. The van der Waals surface area contributed by atoms with Crippen LogP contribution in [0.15, 0.2) is 24.8 Å². The van der Waals surface area contributed by atoms with Crippen LogP contribution in [0.1, 0.15) is 16.9 Å². The van der Waals surface area contributed by atoms with Crippen LogP contribution < -0.4 is 5.32 Å². The molecule has 0 unspecified atom stereocenters. The number of ether oxygens (including phenoxy) is 1. The number of hydrogen-bond donors (Lipinski definition) is 1. The second-order valence-corrected chi connectivity index (χ2v) is 6.38. The lowest BCUT2D eigenvalue weighted by molar-refractivity contribution is -0.138. The minimum absolute atomic E-state index is 0.00891. The largest absolute Gasteiger partial charge is 0.381 e. The lowest BCUT2D eigenvalue weighted by Gasteiger charge is -2.36. The molecule has 4 rings (SSSR count). The fourth-order valence-corrected chi connectivity index (χ4v) is 3.88. The van der Waals surface area contributed by atoms with Gasteiger partial charge in [-0.05, 0) is 6.42 Å². The molecule has 24 heavy (non-hydrogen) atoms. The quantitative estimate of drug-likeness (QED) is 0.835. The first-order valence-electron chi connectivity index (χ1n) is 8.02. The number of likely N-dealkylation sites (tertiary alicyclic amines) is 1. The molecule has 8 nitrogen and oxygen atoms in total. The van der Waals surface area contributed by atoms with Gasteiger partial charge in [-0.3, -0.25) is 9.59 Å². The number of aromatic nitrogens is 3. The number of carbonyl (C=O) groups excluding carboxylic acids is 2. The van der Waals surface area contributed by atoms with Crippen molar-refractivity contribution in [2.75, 3.05) is 33.4 Å². The molecule has 2 atom stereocenters. The van der Waals surface area contributed by atoms with Gasteiger partial charge in [-0.25, -0.2) is 9.97 Å². The number of nitrogens with one attached hydrogen (secondary N) is 1. The summed E-state index contributed by atoms with van der Waals surface area (Å²) in [4.78, 5) is 35.7. The highest BCUT2D eigenvalue weighted by Gasteiger charge is 2.54. The van der Waals surface area contributed by atoms with E-state index in [2.05, 4.69) is 15.3 Å². The van der Waals surface area contributed by atoms with Crippen molar-refractivity contribution >= 4 is 17.5 Å². The molecule has 0 bridgehead atoms. The third-order valence-electron chi connectivity index (χ3n) is 5.19. The van der Waals surface area contributed by atoms with Crippen LogP contribution in [0.4, 0.5) is 0 Å². The molecule has 0 aromatic carbocycles. The van der Waals surface area contributed by atoms with Gasteiger partial charge in [0.1, 0.15) is 0 Å². The predicted molar refractivity (Wildman–Crippen MR) is 84.3 cm³/mol. The Bertz CT molecular complexity index is 804. The van der Waals surface area contributed by atoms with E-state index in [1.165, 1.54) is 0 Å². The van der Waals surface area contributed by atoms with E-state index in [0.717, 1.165) is 0 Å². The molecule has 2 aliphatic heterocycles. The summed E-state index contributed by atoms with van der Waals surface area (Å²) in [6.45, 7) is 1.93. The fraction of sp³-hybridized carbons (Fsp3) is 0.500. The van der Waals surface area contributed by atoms with Crippen molar-refractivity contribution in [3.63, 3.8) is 0 Å². The lowest BCUT2D eigenvalue weighted by Crippen LogP contribution is -2.49. The Morgan fingerprint density at radius 3 is 2.92 bits per heavy atom. The summed E-state index contributed by atoms with van der Waals surface area (Å²) < 4.78 is 7.31. The average Bonchev–Trinajstić information content (AvgIpc) is 3.24. The number of amides is 2. The van der Waals surface area contributed by atoms with Gasteiger partial charge in [-0.2, -0.15) is 0 Å². The zero-order valence-electron chi connectivity index (χ0n) is 13.4. The first kappa shape index (κ1) is 15.1. The number of fused-ring (bicyclic) bond motifs is 2. The van der Waals surface area contributed by atoms with Crippen LogP contribution >= 0.6 is 0 Å². The Balaban J connectivity index is 1.67. The van der Waals surface area contributed by atoms with Crippen LogP contribution in [0.5, 0.6) is 0 Å². The Kier molecular flexibility index (Phi) is 3.49. The molecule has 2 saturated heterocycles. The van der Waals surface area contributed by atoms with Crippen molar-refractivity contribution in [1.82, 2.24) is 24.6 Å². The van der Waals surface area contributed by atoms with E-state index in [1.54, 1.807) is 41.1 Å². The average molecular weight is 329 g/mol. The normalized spacial score (nSPS) is 26.4. The lowest BCUT2D eigenvalue weighted by atomic mass is 9.73. The molecule has 0 spiro atoms.